The third-order valence-electron chi connectivity index (χ3n) is 4.05. The van der Waals surface area contributed by atoms with Crippen LogP contribution in [0.15, 0.2) is 53.0 Å². The third-order valence-corrected chi connectivity index (χ3v) is 5.06. The van der Waals surface area contributed by atoms with E-state index in [1.54, 1.807) is 42.5 Å². The summed E-state index contributed by atoms with van der Waals surface area (Å²) < 4.78 is 5.64. The van der Waals surface area contributed by atoms with E-state index in [1.165, 1.54) is 0 Å². The van der Waals surface area contributed by atoms with Crippen LogP contribution in [0.25, 0.3) is 0 Å². The summed E-state index contributed by atoms with van der Waals surface area (Å²) in [4.78, 5) is 35.9. The highest BCUT2D eigenvalue weighted by molar-refractivity contribution is 9.10. The van der Waals surface area contributed by atoms with Crippen LogP contribution in [0.5, 0.6) is 0 Å². The molecular formula is C20H20BrClN2O6. The maximum absolute atomic E-state index is 12.4. The fraction of sp³-hybridized carbons (Fsp3) is 0.250. The van der Waals surface area contributed by atoms with Gasteiger partial charge in [0.1, 0.15) is 18.7 Å². The molecule has 2 atom stereocenters. The SMILES string of the molecule is O=C(N[C@@H](CO)C(=O)N[C@@H](Cc1cc(Cl)ccc1Br)C(=O)O)OCc1ccccc1. The molecule has 0 aliphatic heterocycles. The minimum absolute atomic E-state index is 0.0208. The number of aliphatic carboxylic acids is 1. The molecule has 0 spiro atoms. The smallest absolute Gasteiger partial charge is 0.408 e. The first kappa shape index (κ1) is 23.7. The number of hydrogen-bond acceptors (Lipinski definition) is 5. The number of amides is 2. The van der Waals surface area contributed by atoms with E-state index in [9.17, 15) is 24.6 Å². The third kappa shape index (κ3) is 7.33. The average molecular weight is 500 g/mol. The molecule has 0 bridgehead atoms. The summed E-state index contributed by atoms with van der Waals surface area (Å²) in [6, 6.07) is 11.1. The Hall–Kier alpha value is -2.62. The molecule has 2 amide bonds. The maximum atomic E-state index is 12.4. The zero-order valence-corrected chi connectivity index (χ0v) is 18.0. The Morgan fingerprint density at radius 2 is 1.77 bits per heavy atom. The van der Waals surface area contributed by atoms with Crippen LogP contribution in [0, 0.1) is 0 Å². The van der Waals surface area contributed by atoms with Gasteiger partial charge in [-0.15, -0.1) is 0 Å². The second-order valence-electron chi connectivity index (χ2n) is 6.28. The van der Waals surface area contributed by atoms with Gasteiger partial charge in [0.05, 0.1) is 6.61 Å². The van der Waals surface area contributed by atoms with Gasteiger partial charge in [0, 0.05) is 15.9 Å². The highest BCUT2D eigenvalue weighted by Gasteiger charge is 2.27. The summed E-state index contributed by atoms with van der Waals surface area (Å²) in [6.07, 6.45) is -0.976. The first-order chi connectivity index (χ1) is 14.3. The van der Waals surface area contributed by atoms with Gasteiger partial charge < -0.3 is 25.6 Å². The summed E-state index contributed by atoms with van der Waals surface area (Å²) in [5.41, 5.74) is 1.32. The lowest BCUT2D eigenvalue weighted by atomic mass is 10.1. The van der Waals surface area contributed by atoms with Gasteiger partial charge in [0.25, 0.3) is 0 Å². The number of nitrogens with one attached hydrogen (secondary N) is 2. The Morgan fingerprint density at radius 1 is 1.07 bits per heavy atom. The number of alkyl carbamates (subject to hydrolysis) is 1. The standard InChI is InChI=1S/C20H20BrClN2O6/c21-15-7-6-14(22)8-13(15)9-16(19(27)28)23-18(26)17(10-25)24-20(29)30-11-12-4-2-1-3-5-12/h1-8,16-17,25H,9-11H2,(H,23,26)(H,24,29)(H,27,28)/t16-,17-/m0/s1. The van der Waals surface area contributed by atoms with Crippen molar-refractivity contribution >= 4 is 45.5 Å². The molecule has 0 saturated carbocycles. The number of rotatable bonds is 9. The van der Waals surface area contributed by atoms with Crippen LogP contribution >= 0.6 is 27.5 Å². The lowest BCUT2D eigenvalue weighted by Crippen LogP contribution is -2.53. The quantitative estimate of drug-likeness (QED) is 0.420. The van der Waals surface area contributed by atoms with E-state index >= 15 is 0 Å². The van der Waals surface area contributed by atoms with E-state index in [2.05, 4.69) is 26.6 Å². The van der Waals surface area contributed by atoms with E-state index in [0.29, 0.717) is 15.1 Å². The predicted molar refractivity (Wildman–Crippen MR) is 113 cm³/mol. The average Bonchev–Trinajstić information content (AvgIpc) is 2.73. The lowest BCUT2D eigenvalue weighted by molar-refractivity contribution is -0.142. The van der Waals surface area contributed by atoms with Crippen LogP contribution in [0.2, 0.25) is 5.02 Å². The normalized spacial score (nSPS) is 12.5. The second-order valence-corrected chi connectivity index (χ2v) is 7.57. The molecule has 0 radical (unpaired) electrons. The Labute approximate surface area is 186 Å². The molecule has 160 valence electrons. The van der Waals surface area contributed by atoms with E-state index < -0.39 is 36.7 Å². The van der Waals surface area contributed by atoms with Crippen LogP contribution in [-0.4, -0.2) is 46.9 Å². The number of hydrogen-bond donors (Lipinski definition) is 4. The monoisotopic (exact) mass is 498 g/mol. The first-order valence-corrected chi connectivity index (χ1v) is 10.0. The van der Waals surface area contributed by atoms with Crippen molar-refractivity contribution in [2.45, 2.75) is 25.1 Å². The van der Waals surface area contributed by atoms with Crippen molar-refractivity contribution in [3.8, 4) is 0 Å². The molecular weight excluding hydrogens is 480 g/mol. The molecule has 0 aliphatic rings. The zero-order valence-electron chi connectivity index (χ0n) is 15.7. The van der Waals surface area contributed by atoms with Gasteiger partial charge in [0.15, 0.2) is 0 Å². The molecule has 0 heterocycles. The molecule has 2 aromatic rings. The molecule has 0 aliphatic carbocycles. The molecule has 2 rings (SSSR count). The summed E-state index contributed by atoms with van der Waals surface area (Å²) in [6.45, 7) is -0.757. The Kier molecular flexibility index (Phi) is 9.10. The number of carboxylic acid groups (broad SMARTS) is 1. The fourth-order valence-electron chi connectivity index (χ4n) is 2.49. The minimum atomic E-state index is -1.38. The predicted octanol–water partition coefficient (Wildman–Crippen LogP) is 2.50. The van der Waals surface area contributed by atoms with Crippen molar-refractivity contribution in [2.24, 2.45) is 0 Å². The van der Waals surface area contributed by atoms with E-state index in [4.69, 9.17) is 16.3 Å². The van der Waals surface area contributed by atoms with Gasteiger partial charge >= 0.3 is 12.1 Å². The van der Waals surface area contributed by atoms with Crippen LogP contribution in [-0.2, 0) is 27.4 Å². The molecule has 10 heteroatoms. The molecule has 0 unspecified atom stereocenters. The maximum Gasteiger partial charge on any atom is 0.408 e. The largest absolute Gasteiger partial charge is 0.480 e. The molecule has 0 fully saturated rings. The zero-order chi connectivity index (χ0) is 22.1. The van der Waals surface area contributed by atoms with Crippen LogP contribution in [0.4, 0.5) is 4.79 Å². The molecule has 2 aromatic carbocycles. The highest BCUT2D eigenvalue weighted by atomic mass is 79.9. The van der Waals surface area contributed by atoms with E-state index in [0.717, 1.165) is 5.56 Å². The van der Waals surface area contributed by atoms with Gasteiger partial charge in [-0.1, -0.05) is 57.9 Å². The number of carbonyl (C=O) groups excluding carboxylic acids is 2. The van der Waals surface area contributed by atoms with Crippen molar-refractivity contribution in [1.82, 2.24) is 10.6 Å². The van der Waals surface area contributed by atoms with Crippen molar-refractivity contribution in [3.05, 3.63) is 69.2 Å². The molecule has 8 nitrogen and oxygen atoms in total. The lowest BCUT2D eigenvalue weighted by Gasteiger charge is -2.20. The topological polar surface area (TPSA) is 125 Å². The van der Waals surface area contributed by atoms with Gasteiger partial charge in [-0.25, -0.2) is 9.59 Å². The first-order valence-electron chi connectivity index (χ1n) is 8.85. The second kappa shape index (κ2) is 11.5. The van der Waals surface area contributed by atoms with Crippen molar-refractivity contribution in [2.75, 3.05) is 6.61 Å². The minimum Gasteiger partial charge on any atom is -0.480 e. The number of carboxylic acids is 1. The Balaban J connectivity index is 1.96. The van der Waals surface area contributed by atoms with Crippen molar-refractivity contribution in [1.29, 1.82) is 0 Å². The number of aliphatic hydroxyl groups excluding tert-OH is 1. The van der Waals surface area contributed by atoms with Gasteiger partial charge in [-0.05, 0) is 29.3 Å². The summed E-state index contributed by atoms with van der Waals surface area (Å²) >= 11 is 9.25. The molecule has 4 N–H and O–H groups in total. The highest BCUT2D eigenvalue weighted by Crippen LogP contribution is 2.22. The van der Waals surface area contributed by atoms with Crippen molar-refractivity contribution < 1.29 is 29.3 Å². The summed E-state index contributed by atoms with van der Waals surface area (Å²) in [7, 11) is 0. The molecule has 30 heavy (non-hydrogen) atoms. The number of carbonyl (C=O) groups is 3. The van der Waals surface area contributed by atoms with Crippen LogP contribution in [0.3, 0.4) is 0 Å². The van der Waals surface area contributed by atoms with Crippen molar-refractivity contribution in [3.63, 3.8) is 0 Å². The molecule has 0 aromatic heterocycles. The number of halogens is 2. The van der Waals surface area contributed by atoms with Gasteiger partial charge in [0.2, 0.25) is 5.91 Å². The van der Waals surface area contributed by atoms with Crippen LogP contribution in [0.1, 0.15) is 11.1 Å². The van der Waals surface area contributed by atoms with E-state index in [-0.39, 0.29) is 13.0 Å². The molecule has 0 saturated heterocycles. The number of ether oxygens (including phenoxy) is 1. The van der Waals surface area contributed by atoms with E-state index in [1.807, 2.05) is 6.07 Å². The van der Waals surface area contributed by atoms with Gasteiger partial charge in [-0.3, -0.25) is 4.79 Å². The summed E-state index contributed by atoms with van der Waals surface area (Å²) in [5.74, 6) is -2.14. The number of aliphatic hydroxyl groups is 1. The number of benzene rings is 2. The van der Waals surface area contributed by atoms with Gasteiger partial charge in [-0.2, -0.15) is 0 Å². The Bertz CT molecular complexity index is 896. The summed E-state index contributed by atoms with van der Waals surface area (Å²) in [5, 5.41) is 23.8. The van der Waals surface area contributed by atoms with Crippen LogP contribution < -0.4 is 10.6 Å². The fourth-order valence-corrected chi connectivity index (χ4v) is 3.10. The Morgan fingerprint density at radius 3 is 2.40 bits per heavy atom.